The van der Waals surface area contributed by atoms with Gasteiger partial charge in [-0.25, -0.2) is 9.78 Å². The minimum absolute atomic E-state index is 0.166. The predicted octanol–water partition coefficient (Wildman–Crippen LogP) is 5.21. The Bertz CT molecular complexity index is 927. The molecule has 0 aliphatic carbocycles. The number of carbonyl (C=O) groups excluding carboxylic acids is 2. The fraction of sp³-hybridized carbons (Fsp3) is 0.519. The summed E-state index contributed by atoms with van der Waals surface area (Å²) in [7, 11) is 4.05. The van der Waals surface area contributed by atoms with Crippen LogP contribution in [0.5, 0.6) is 0 Å². The van der Waals surface area contributed by atoms with Gasteiger partial charge in [-0.2, -0.15) is 0 Å². The van der Waals surface area contributed by atoms with Crippen molar-refractivity contribution in [2.75, 3.05) is 20.6 Å². The second-order valence-corrected chi connectivity index (χ2v) is 10.0. The molecule has 0 aromatic carbocycles. The molecule has 0 spiro atoms. The number of thiazole rings is 1. The number of likely N-dealkylation sites (N-methyl/N-ethyl adjacent to an activating group) is 1. The van der Waals surface area contributed by atoms with Crippen LogP contribution in [0.2, 0.25) is 0 Å². The van der Waals surface area contributed by atoms with E-state index in [9.17, 15) is 9.59 Å². The molecule has 2 heterocycles. The number of fused-ring (bicyclic) bond motifs is 2. The smallest absolute Gasteiger partial charge is 0.331 e. The molecule has 6 nitrogen and oxygen atoms in total. The summed E-state index contributed by atoms with van der Waals surface area (Å²) in [5.74, 6) is -0.566. The topological polar surface area (TPSA) is 68.7 Å². The number of nitrogens with zero attached hydrogens (tertiary/aromatic N) is 2. The fourth-order valence-electron chi connectivity index (χ4n) is 3.43. The Labute approximate surface area is 208 Å². The number of carbonyl (C=O) groups is 2. The molecule has 0 amide bonds. The average molecular weight is 487 g/mol. The van der Waals surface area contributed by atoms with Crippen molar-refractivity contribution in [2.45, 2.75) is 71.5 Å². The summed E-state index contributed by atoms with van der Waals surface area (Å²) in [6.45, 7) is 6.73. The fourth-order valence-corrected chi connectivity index (χ4v) is 4.31. The van der Waals surface area contributed by atoms with Crippen LogP contribution in [0.1, 0.15) is 57.2 Å². The quantitative estimate of drug-likeness (QED) is 0.430. The summed E-state index contributed by atoms with van der Waals surface area (Å²) in [6, 6.07) is 0. The standard InChI is InChI=1S/C27H38N2O4S/c1-20(15-16-29(4)5)13-14-24-18-25-28-23(19-34-25)10-6-7-11-26(30)32-22(3)17-21(2)9-8-12-27(31)33-24/h8-9,12-15,19,22,24H,6-7,10-11,16-18H2,1-5H3/b12-8+,14-13+,20-15+,21-9+/t22-,24+/m0/s1. The van der Waals surface area contributed by atoms with Crippen LogP contribution in [0.3, 0.4) is 0 Å². The number of aromatic nitrogens is 1. The third-order valence-electron chi connectivity index (χ3n) is 5.21. The van der Waals surface area contributed by atoms with Crippen LogP contribution in [0.25, 0.3) is 0 Å². The van der Waals surface area contributed by atoms with Gasteiger partial charge in [-0.15, -0.1) is 11.3 Å². The second kappa shape index (κ2) is 14.7. The summed E-state index contributed by atoms with van der Waals surface area (Å²) < 4.78 is 11.2. The van der Waals surface area contributed by atoms with Crippen molar-refractivity contribution in [3.63, 3.8) is 0 Å². The first-order valence-corrected chi connectivity index (χ1v) is 12.8. The zero-order valence-electron chi connectivity index (χ0n) is 21.1. The Morgan fingerprint density at radius 1 is 1.21 bits per heavy atom. The Morgan fingerprint density at radius 3 is 2.74 bits per heavy atom. The molecule has 1 aromatic heterocycles. The Hall–Kier alpha value is -2.51. The number of allylic oxidation sites excluding steroid dienone is 4. The monoisotopic (exact) mass is 486 g/mol. The predicted molar refractivity (Wildman–Crippen MR) is 138 cm³/mol. The molecule has 2 rings (SSSR count). The lowest BCUT2D eigenvalue weighted by molar-refractivity contribution is -0.148. The van der Waals surface area contributed by atoms with E-state index in [0.29, 0.717) is 19.3 Å². The molecular weight excluding hydrogens is 448 g/mol. The van der Waals surface area contributed by atoms with Gasteiger partial charge in [0.15, 0.2) is 0 Å². The summed E-state index contributed by atoms with van der Waals surface area (Å²) in [6.07, 6.45) is 14.5. The maximum Gasteiger partial charge on any atom is 0.331 e. The Balaban J connectivity index is 2.18. The van der Waals surface area contributed by atoms with E-state index in [2.05, 4.69) is 11.0 Å². The molecule has 1 aliphatic heterocycles. The molecule has 0 fully saturated rings. The van der Waals surface area contributed by atoms with E-state index in [4.69, 9.17) is 14.5 Å². The van der Waals surface area contributed by atoms with Crippen LogP contribution in [0, 0.1) is 0 Å². The van der Waals surface area contributed by atoms with E-state index in [1.54, 1.807) is 17.4 Å². The number of hydrogen-bond donors (Lipinski definition) is 0. The highest BCUT2D eigenvalue weighted by atomic mass is 32.1. The van der Waals surface area contributed by atoms with E-state index in [1.807, 2.05) is 58.5 Å². The maximum absolute atomic E-state index is 12.5. The largest absolute Gasteiger partial charge is 0.462 e. The first-order valence-electron chi connectivity index (χ1n) is 11.9. The Kier molecular flexibility index (Phi) is 12.0. The SMILES string of the molecule is CC(/C=C/[C@@H]1Cc2nc(cs2)CCCCC(=O)O[C@@H](C)C/C(C)=C/C=C/C(=O)O1)=C\CN(C)C. The van der Waals surface area contributed by atoms with E-state index in [1.165, 1.54) is 6.08 Å². The van der Waals surface area contributed by atoms with E-state index in [0.717, 1.165) is 47.7 Å². The number of rotatable bonds is 4. The van der Waals surface area contributed by atoms with Gasteiger partial charge in [0.2, 0.25) is 0 Å². The molecule has 0 saturated heterocycles. The van der Waals surface area contributed by atoms with Gasteiger partial charge in [0.05, 0.1) is 10.7 Å². The van der Waals surface area contributed by atoms with Gasteiger partial charge >= 0.3 is 11.9 Å². The van der Waals surface area contributed by atoms with Crippen molar-refractivity contribution in [3.8, 4) is 0 Å². The summed E-state index contributed by atoms with van der Waals surface area (Å²) in [5.41, 5.74) is 3.14. The average Bonchev–Trinajstić information content (AvgIpc) is 3.20. The van der Waals surface area contributed by atoms with Crippen LogP contribution in [0.15, 0.2) is 53.0 Å². The Morgan fingerprint density at radius 2 is 1.97 bits per heavy atom. The highest BCUT2D eigenvalue weighted by Crippen LogP contribution is 2.17. The van der Waals surface area contributed by atoms with Crippen molar-refractivity contribution >= 4 is 23.3 Å². The minimum atomic E-state index is -0.406. The highest BCUT2D eigenvalue weighted by molar-refractivity contribution is 7.09. The van der Waals surface area contributed by atoms with Crippen molar-refractivity contribution in [1.29, 1.82) is 0 Å². The number of ether oxygens (including phenoxy) is 2. The van der Waals surface area contributed by atoms with Crippen molar-refractivity contribution < 1.29 is 19.1 Å². The highest BCUT2D eigenvalue weighted by Gasteiger charge is 2.15. The molecular formula is C27H38N2O4S. The van der Waals surface area contributed by atoms with Gasteiger partial charge in [0.25, 0.3) is 0 Å². The first kappa shape index (κ1) is 27.7. The van der Waals surface area contributed by atoms with Crippen molar-refractivity contribution in [3.05, 3.63) is 63.7 Å². The summed E-state index contributed by atoms with van der Waals surface area (Å²) in [5, 5.41) is 2.98. The normalized spacial score (nSPS) is 24.5. The van der Waals surface area contributed by atoms with Gasteiger partial charge in [-0.3, -0.25) is 4.79 Å². The van der Waals surface area contributed by atoms with Gasteiger partial charge in [0, 0.05) is 37.3 Å². The number of cyclic esters (lactones) is 2. The number of aryl methyl sites for hydroxylation is 1. The second-order valence-electron chi connectivity index (χ2n) is 9.07. The van der Waals surface area contributed by atoms with Gasteiger partial charge in [0.1, 0.15) is 12.2 Å². The van der Waals surface area contributed by atoms with Gasteiger partial charge in [-0.05, 0) is 60.2 Å². The molecule has 1 aliphatic rings. The lowest BCUT2D eigenvalue weighted by Gasteiger charge is -2.13. The zero-order valence-corrected chi connectivity index (χ0v) is 21.9. The molecule has 0 unspecified atom stereocenters. The molecule has 7 heteroatoms. The van der Waals surface area contributed by atoms with Crippen molar-refractivity contribution in [1.82, 2.24) is 9.88 Å². The first-order chi connectivity index (χ1) is 16.2. The molecule has 1 aromatic rings. The maximum atomic E-state index is 12.5. The number of hydrogen-bond acceptors (Lipinski definition) is 7. The van der Waals surface area contributed by atoms with Crippen molar-refractivity contribution in [2.24, 2.45) is 0 Å². The molecule has 186 valence electrons. The molecule has 0 N–H and O–H groups in total. The molecule has 2 bridgehead atoms. The molecule has 2 atom stereocenters. The van der Waals surface area contributed by atoms with E-state index < -0.39 is 12.1 Å². The summed E-state index contributed by atoms with van der Waals surface area (Å²) in [4.78, 5) is 31.4. The van der Waals surface area contributed by atoms with E-state index >= 15 is 0 Å². The van der Waals surface area contributed by atoms with Crippen LogP contribution >= 0.6 is 11.3 Å². The van der Waals surface area contributed by atoms with Crippen LogP contribution in [-0.4, -0.2) is 54.7 Å². The van der Waals surface area contributed by atoms with E-state index in [-0.39, 0.29) is 12.1 Å². The lowest BCUT2D eigenvalue weighted by atomic mass is 10.1. The third-order valence-corrected chi connectivity index (χ3v) is 6.13. The van der Waals surface area contributed by atoms with Crippen LogP contribution in [-0.2, 0) is 31.9 Å². The van der Waals surface area contributed by atoms with Gasteiger partial charge < -0.3 is 14.4 Å². The van der Waals surface area contributed by atoms with Gasteiger partial charge in [-0.1, -0.05) is 35.5 Å². The van der Waals surface area contributed by atoms with Crippen LogP contribution < -0.4 is 0 Å². The summed E-state index contributed by atoms with van der Waals surface area (Å²) >= 11 is 1.58. The zero-order chi connectivity index (χ0) is 24.9. The number of esters is 2. The molecule has 34 heavy (non-hydrogen) atoms. The molecule has 0 saturated carbocycles. The lowest BCUT2D eigenvalue weighted by Crippen LogP contribution is -2.17. The minimum Gasteiger partial charge on any atom is -0.462 e. The molecule has 0 radical (unpaired) electrons. The van der Waals surface area contributed by atoms with Crippen LogP contribution in [0.4, 0.5) is 0 Å². The third kappa shape index (κ3) is 11.6.